The highest BCUT2D eigenvalue weighted by Gasteiger charge is 2.40. The molecule has 0 aliphatic carbocycles. The van der Waals surface area contributed by atoms with E-state index in [1.54, 1.807) is 23.1 Å². The summed E-state index contributed by atoms with van der Waals surface area (Å²) in [5.41, 5.74) is 0.520. The third-order valence-electron chi connectivity index (χ3n) is 3.74. The van der Waals surface area contributed by atoms with Gasteiger partial charge in [-0.2, -0.15) is 0 Å². The second kappa shape index (κ2) is 5.53. The maximum atomic E-state index is 12.4. The quantitative estimate of drug-likeness (QED) is 0.799. The van der Waals surface area contributed by atoms with Crippen LogP contribution in [0.3, 0.4) is 0 Å². The van der Waals surface area contributed by atoms with Crippen LogP contribution in [0.1, 0.15) is 23.2 Å². The number of nitrogens with zero attached hydrogens (tertiary/aromatic N) is 1. The van der Waals surface area contributed by atoms with Crippen LogP contribution >= 0.6 is 23.2 Å². The van der Waals surface area contributed by atoms with Crippen LogP contribution in [-0.2, 0) is 9.47 Å². The maximum Gasteiger partial charge on any atom is 0.253 e. The van der Waals surface area contributed by atoms with E-state index in [1.165, 1.54) is 0 Å². The van der Waals surface area contributed by atoms with Gasteiger partial charge in [0.1, 0.15) is 0 Å². The first-order chi connectivity index (χ1) is 9.58. The summed E-state index contributed by atoms with van der Waals surface area (Å²) in [6.07, 6.45) is 1.40. The lowest BCUT2D eigenvalue weighted by Crippen LogP contribution is -2.47. The maximum absolute atomic E-state index is 12.4. The van der Waals surface area contributed by atoms with Gasteiger partial charge in [0.2, 0.25) is 0 Å². The second-order valence-corrected chi connectivity index (χ2v) is 5.93. The molecule has 0 radical (unpaired) electrons. The van der Waals surface area contributed by atoms with Crippen LogP contribution in [0.15, 0.2) is 18.2 Å². The van der Waals surface area contributed by atoms with Gasteiger partial charge in [-0.15, -0.1) is 0 Å². The molecule has 2 fully saturated rings. The number of rotatable bonds is 1. The molecule has 1 amide bonds. The lowest BCUT2D eigenvalue weighted by molar-refractivity contribution is -0.181. The molecular weight excluding hydrogens is 301 g/mol. The molecule has 4 nitrogen and oxygen atoms in total. The van der Waals surface area contributed by atoms with Gasteiger partial charge in [0.25, 0.3) is 5.91 Å². The molecule has 3 rings (SSSR count). The zero-order valence-electron chi connectivity index (χ0n) is 10.9. The van der Waals surface area contributed by atoms with Gasteiger partial charge in [0, 0.05) is 41.5 Å². The summed E-state index contributed by atoms with van der Waals surface area (Å²) in [4.78, 5) is 14.2. The molecule has 20 heavy (non-hydrogen) atoms. The number of piperidine rings is 1. The number of hydrogen-bond donors (Lipinski definition) is 0. The summed E-state index contributed by atoms with van der Waals surface area (Å²) in [5, 5.41) is 0.938. The SMILES string of the molecule is O=C(c1cc(Cl)cc(Cl)c1)N1CCC2(CC1)OCCO2. The molecule has 0 saturated carbocycles. The second-order valence-electron chi connectivity index (χ2n) is 5.06. The van der Waals surface area contributed by atoms with E-state index in [0.29, 0.717) is 54.8 Å². The summed E-state index contributed by atoms with van der Waals surface area (Å²) < 4.78 is 11.3. The number of halogens is 2. The summed E-state index contributed by atoms with van der Waals surface area (Å²) in [7, 11) is 0. The van der Waals surface area contributed by atoms with E-state index in [4.69, 9.17) is 32.7 Å². The van der Waals surface area contributed by atoms with Gasteiger partial charge in [-0.05, 0) is 18.2 Å². The molecule has 6 heteroatoms. The molecule has 1 aromatic carbocycles. The first-order valence-corrected chi connectivity index (χ1v) is 7.37. The zero-order chi connectivity index (χ0) is 14.2. The van der Waals surface area contributed by atoms with Crippen molar-refractivity contribution in [3.05, 3.63) is 33.8 Å². The average molecular weight is 316 g/mol. The molecule has 2 heterocycles. The van der Waals surface area contributed by atoms with Crippen LogP contribution in [0.4, 0.5) is 0 Å². The molecule has 0 aromatic heterocycles. The highest BCUT2D eigenvalue weighted by molar-refractivity contribution is 6.35. The molecule has 1 spiro atoms. The third-order valence-corrected chi connectivity index (χ3v) is 4.17. The van der Waals surface area contributed by atoms with Gasteiger partial charge in [-0.25, -0.2) is 0 Å². The number of ether oxygens (including phenoxy) is 2. The van der Waals surface area contributed by atoms with E-state index in [0.717, 1.165) is 0 Å². The molecule has 0 unspecified atom stereocenters. The predicted molar refractivity (Wildman–Crippen MR) is 76.2 cm³/mol. The van der Waals surface area contributed by atoms with Gasteiger partial charge < -0.3 is 14.4 Å². The molecule has 1 aromatic rings. The number of hydrogen-bond acceptors (Lipinski definition) is 3. The lowest BCUT2D eigenvalue weighted by atomic mass is 10.0. The van der Waals surface area contributed by atoms with E-state index < -0.39 is 5.79 Å². The van der Waals surface area contributed by atoms with Crippen molar-refractivity contribution in [1.29, 1.82) is 0 Å². The molecule has 108 valence electrons. The van der Waals surface area contributed by atoms with Crippen LogP contribution in [0.5, 0.6) is 0 Å². The minimum Gasteiger partial charge on any atom is -0.347 e. The van der Waals surface area contributed by atoms with Crippen LogP contribution in [-0.4, -0.2) is 42.9 Å². The minimum atomic E-state index is -0.469. The van der Waals surface area contributed by atoms with Crippen molar-refractivity contribution in [3.63, 3.8) is 0 Å². The summed E-state index contributed by atoms with van der Waals surface area (Å²) >= 11 is 11.9. The highest BCUT2D eigenvalue weighted by atomic mass is 35.5. The van der Waals surface area contributed by atoms with E-state index in [1.807, 2.05) is 0 Å². The van der Waals surface area contributed by atoms with Crippen LogP contribution in [0.2, 0.25) is 10.0 Å². The fraction of sp³-hybridized carbons (Fsp3) is 0.500. The Balaban J connectivity index is 1.69. The Morgan fingerprint density at radius 3 is 2.15 bits per heavy atom. The van der Waals surface area contributed by atoms with Crippen LogP contribution < -0.4 is 0 Å². The smallest absolute Gasteiger partial charge is 0.253 e. The minimum absolute atomic E-state index is 0.0535. The Morgan fingerprint density at radius 2 is 1.60 bits per heavy atom. The Bertz CT molecular complexity index is 499. The molecule has 2 saturated heterocycles. The van der Waals surface area contributed by atoms with Crippen LogP contribution in [0.25, 0.3) is 0 Å². The van der Waals surface area contributed by atoms with Gasteiger partial charge in [0.15, 0.2) is 5.79 Å². The fourth-order valence-electron chi connectivity index (χ4n) is 2.70. The molecule has 2 aliphatic heterocycles. The fourth-order valence-corrected chi connectivity index (χ4v) is 3.22. The van der Waals surface area contributed by atoms with Crippen molar-refractivity contribution in [3.8, 4) is 0 Å². The summed E-state index contributed by atoms with van der Waals surface area (Å²) in [6.45, 7) is 2.50. The van der Waals surface area contributed by atoms with Crippen LogP contribution in [0, 0.1) is 0 Å². The first kappa shape index (κ1) is 14.1. The number of amides is 1. The molecule has 0 N–H and O–H groups in total. The van der Waals surface area contributed by atoms with E-state index in [2.05, 4.69) is 0 Å². The number of carbonyl (C=O) groups is 1. The van der Waals surface area contributed by atoms with E-state index in [-0.39, 0.29) is 5.91 Å². The first-order valence-electron chi connectivity index (χ1n) is 6.61. The summed E-state index contributed by atoms with van der Waals surface area (Å²) in [5.74, 6) is -0.523. The van der Waals surface area contributed by atoms with Gasteiger partial charge in [0.05, 0.1) is 13.2 Å². The van der Waals surface area contributed by atoms with Crippen molar-refractivity contribution >= 4 is 29.1 Å². The third kappa shape index (κ3) is 2.79. The Morgan fingerprint density at radius 1 is 1.05 bits per heavy atom. The Labute approximate surface area is 127 Å². The molecular formula is C14H15Cl2NO3. The van der Waals surface area contributed by atoms with Crippen molar-refractivity contribution in [2.75, 3.05) is 26.3 Å². The summed E-state index contributed by atoms with van der Waals surface area (Å²) in [6, 6.07) is 4.90. The number of benzene rings is 1. The van der Waals surface area contributed by atoms with E-state index >= 15 is 0 Å². The number of likely N-dealkylation sites (tertiary alicyclic amines) is 1. The molecule has 2 aliphatic rings. The zero-order valence-corrected chi connectivity index (χ0v) is 12.4. The van der Waals surface area contributed by atoms with E-state index in [9.17, 15) is 4.79 Å². The predicted octanol–water partition coefficient (Wildman–Crippen LogP) is 2.97. The number of carbonyl (C=O) groups excluding carboxylic acids is 1. The standard InChI is InChI=1S/C14H15Cl2NO3/c15-11-7-10(8-12(16)9-11)13(18)17-3-1-14(2-4-17)19-5-6-20-14/h7-9H,1-6H2. The van der Waals surface area contributed by atoms with Crippen molar-refractivity contribution in [2.45, 2.75) is 18.6 Å². The lowest BCUT2D eigenvalue weighted by Gasteiger charge is -2.37. The molecule has 0 atom stereocenters. The Kier molecular flexibility index (Phi) is 3.91. The normalized spacial score (nSPS) is 21.4. The van der Waals surface area contributed by atoms with Crippen molar-refractivity contribution < 1.29 is 14.3 Å². The largest absolute Gasteiger partial charge is 0.347 e. The Hall–Kier alpha value is -0.810. The average Bonchev–Trinajstić information content (AvgIpc) is 2.86. The highest BCUT2D eigenvalue weighted by Crippen LogP contribution is 2.32. The van der Waals surface area contributed by atoms with Crippen molar-refractivity contribution in [1.82, 2.24) is 4.90 Å². The van der Waals surface area contributed by atoms with Gasteiger partial charge >= 0.3 is 0 Å². The molecule has 0 bridgehead atoms. The van der Waals surface area contributed by atoms with Gasteiger partial charge in [-0.3, -0.25) is 4.79 Å². The topological polar surface area (TPSA) is 38.8 Å². The monoisotopic (exact) mass is 315 g/mol. The van der Waals surface area contributed by atoms with Crippen molar-refractivity contribution in [2.24, 2.45) is 0 Å². The van der Waals surface area contributed by atoms with Gasteiger partial charge in [-0.1, -0.05) is 23.2 Å².